The lowest BCUT2D eigenvalue weighted by molar-refractivity contribution is -0.140. The molecular weight excluding hydrogens is 408 g/mol. The van der Waals surface area contributed by atoms with Crippen LogP contribution < -0.4 is 9.47 Å². The molecule has 2 aromatic carbocycles. The van der Waals surface area contributed by atoms with Crippen molar-refractivity contribution in [2.45, 2.75) is 51.7 Å². The molecule has 0 saturated carbocycles. The van der Waals surface area contributed by atoms with Crippen LogP contribution in [0.5, 0.6) is 17.2 Å². The lowest BCUT2D eigenvalue weighted by Gasteiger charge is -2.37. The summed E-state index contributed by atoms with van der Waals surface area (Å²) < 4.78 is 17.5. The third-order valence-electron chi connectivity index (χ3n) is 6.29. The standard InChI is InChI=1S/C26H28O6/c1-14-15(2)31-25-20(18(13-19(27)30-5)16-9-7-6-8-10-16)24-17(11-12-26(3,4)32-24)23(29)21(25)22(14)28/h6-12,14-15,18,29H,13H2,1-5H3/t14-,15-,18-/m1/s1. The number of carbonyl (C=O) groups excluding carboxylic acids is 2. The maximum atomic E-state index is 13.3. The first kappa shape index (κ1) is 21.9. The van der Waals surface area contributed by atoms with E-state index in [1.54, 1.807) is 13.0 Å². The van der Waals surface area contributed by atoms with Crippen LogP contribution in [0.3, 0.4) is 0 Å². The summed E-state index contributed by atoms with van der Waals surface area (Å²) in [6.45, 7) is 7.42. The van der Waals surface area contributed by atoms with Gasteiger partial charge >= 0.3 is 5.97 Å². The van der Waals surface area contributed by atoms with Crippen molar-refractivity contribution < 1.29 is 28.9 Å². The molecule has 6 nitrogen and oxygen atoms in total. The van der Waals surface area contributed by atoms with E-state index in [1.807, 2.05) is 57.2 Å². The van der Waals surface area contributed by atoms with Crippen molar-refractivity contribution in [2.75, 3.05) is 7.11 Å². The van der Waals surface area contributed by atoms with Gasteiger partial charge in [0.1, 0.15) is 34.5 Å². The molecule has 4 rings (SSSR count). The van der Waals surface area contributed by atoms with E-state index in [0.717, 1.165) is 5.56 Å². The molecule has 6 heteroatoms. The van der Waals surface area contributed by atoms with Crippen LogP contribution in [-0.4, -0.2) is 35.7 Å². The molecule has 0 saturated heterocycles. The van der Waals surface area contributed by atoms with Crippen LogP contribution in [0.4, 0.5) is 0 Å². The molecule has 0 unspecified atom stereocenters. The maximum Gasteiger partial charge on any atom is 0.306 e. The molecule has 3 atom stereocenters. The minimum atomic E-state index is -0.646. The zero-order chi connectivity index (χ0) is 23.2. The SMILES string of the molecule is COC(=O)C[C@H](c1ccccc1)c1c2c(c(O)c3c1O[C@H](C)[C@@H](C)C3=O)C=CC(C)(C)O2. The predicted octanol–water partition coefficient (Wildman–Crippen LogP) is 4.87. The largest absolute Gasteiger partial charge is 0.506 e. The van der Waals surface area contributed by atoms with Gasteiger partial charge in [-0.3, -0.25) is 9.59 Å². The predicted molar refractivity (Wildman–Crippen MR) is 120 cm³/mol. The third kappa shape index (κ3) is 3.64. The van der Waals surface area contributed by atoms with Crippen LogP contribution >= 0.6 is 0 Å². The van der Waals surface area contributed by atoms with Crippen LogP contribution in [0.15, 0.2) is 36.4 Å². The van der Waals surface area contributed by atoms with Gasteiger partial charge < -0.3 is 19.3 Å². The number of methoxy groups -OCH3 is 1. The van der Waals surface area contributed by atoms with E-state index >= 15 is 0 Å². The Morgan fingerprint density at radius 3 is 2.53 bits per heavy atom. The minimum Gasteiger partial charge on any atom is -0.506 e. The fourth-order valence-electron chi connectivity index (χ4n) is 4.30. The number of aromatic hydroxyl groups is 1. The fourth-order valence-corrected chi connectivity index (χ4v) is 4.30. The van der Waals surface area contributed by atoms with Gasteiger partial charge in [-0.1, -0.05) is 37.3 Å². The van der Waals surface area contributed by atoms with Crippen molar-refractivity contribution in [1.29, 1.82) is 0 Å². The zero-order valence-corrected chi connectivity index (χ0v) is 19.0. The summed E-state index contributed by atoms with van der Waals surface area (Å²) in [5.41, 5.74) is 1.35. The highest BCUT2D eigenvalue weighted by Gasteiger charge is 2.42. The number of ketones is 1. The Morgan fingerprint density at radius 1 is 1.19 bits per heavy atom. The number of Topliss-reactive ketones (excluding diaryl/α,β-unsaturated/α-hetero) is 1. The molecule has 0 aromatic heterocycles. The van der Waals surface area contributed by atoms with Crippen LogP contribution in [0.2, 0.25) is 0 Å². The molecule has 2 aromatic rings. The van der Waals surface area contributed by atoms with Gasteiger partial charge in [-0.25, -0.2) is 0 Å². The number of phenolic OH excluding ortho intramolecular Hbond substituents is 1. The quantitative estimate of drug-likeness (QED) is 0.689. The van der Waals surface area contributed by atoms with E-state index < -0.39 is 29.5 Å². The lowest BCUT2D eigenvalue weighted by Crippen LogP contribution is -2.36. The van der Waals surface area contributed by atoms with Gasteiger partial charge in [0, 0.05) is 11.5 Å². The second-order valence-corrected chi connectivity index (χ2v) is 8.97. The summed E-state index contributed by atoms with van der Waals surface area (Å²) in [6, 6.07) is 9.51. The molecule has 0 fully saturated rings. The van der Waals surface area contributed by atoms with E-state index in [9.17, 15) is 14.7 Å². The fraction of sp³-hybridized carbons (Fsp3) is 0.385. The third-order valence-corrected chi connectivity index (χ3v) is 6.29. The van der Waals surface area contributed by atoms with Gasteiger partial charge in [-0.05, 0) is 38.5 Å². The summed E-state index contributed by atoms with van der Waals surface area (Å²) in [5.74, 6) is -0.963. The molecule has 0 radical (unpaired) electrons. The Bertz CT molecular complexity index is 1100. The first-order valence-electron chi connectivity index (χ1n) is 10.8. The van der Waals surface area contributed by atoms with Crippen LogP contribution in [0, 0.1) is 5.92 Å². The molecule has 0 bridgehead atoms. The second-order valence-electron chi connectivity index (χ2n) is 8.97. The van der Waals surface area contributed by atoms with Gasteiger partial charge in [-0.2, -0.15) is 0 Å². The number of benzene rings is 2. The number of carbonyl (C=O) groups is 2. The number of hydrogen-bond acceptors (Lipinski definition) is 6. The first-order chi connectivity index (χ1) is 15.1. The van der Waals surface area contributed by atoms with Crippen LogP contribution in [0.25, 0.3) is 6.08 Å². The molecule has 0 aliphatic carbocycles. The smallest absolute Gasteiger partial charge is 0.306 e. The molecular formula is C26H28O6. The molecule has 2 aliphatic rings. The summed E-state index contributed by atoms with van der Waals surface area (Å²) in [5, 5.41) is 11.1. The van der Waals surface area contributed by atoms with E-state index in [0.29, 0.717) is 16.9 Å². The minimum absolute atomic E-state index is 0.0269. The molecule has 2 aliphatic heterocycles. The Kier molecular flexibility index (Phi) is 5.49. The molecule has 168 valence electrons. The molecule has 2 heterocycles. The zero-order valence-electron chi connectivity index (χ0n) is 19.0. The van der Waals surface area contributed by atoms with Crippen molar-refractivity contribution in [3.8, 4) is 17.2 Å². The average Bonchev–Trinajstić information content (AvgIpc) is 2.76. The average molecular weight is 437 g/mol. The van der Waals surface area contributed by atoms with Crippen molar-refractivity contribution in [1.82, 2.24) is 0 Å². The second kappa shape index (κ2) is 8.01. The van der Waals surface area contributed by atoms with Gasteiger partial charge in [-0.15, -0.1) is 0 Å². The van der Waals surface area contributed by atoms with Crippen molar-refractivity contribution in [2.24, 2.45) is 5.92 Å². The maximum absolute atomic E-state index is 13.3. The number of fused-ring (bicyclic) bond motifs is 2. The van der Waals surface area contributed by atoms with Gasteiger partial charge in [0.25, 0.3) is 0 Å². The Morgan fingerprint density at radius 2 is 1.88 bits per heavy atom. The number of esters is 1. The molecule has 0 amide bonds. The van der Waals surface area contributed by atoms with Crippen LogP contribution in [0.1, 0.15) is 67.1 Å². The molecule has 32 heavy (non-hydrogen) atoms. The highest BCUT2D eigenvalue weighted by atomic mass is 16.5. The summed E-state index contributed by atoms with van der Waals surface area (Å²) in [7, 11) is 1.35. The monoisotopic (exact) mass is 436 g/mol. The number of ether oxygens (including phenoxy) is 3. The van der Waals surface area contributed by atoms with E-state index in [1.165, 1.54) is 7.11 Å². The Labute approximate surface area is 187 Å². The number of phenols is 1. The number of hydrogen-bond donors (Lipinski definition) is 1. The first-order valence-corrected chi connectivity index (χ1v) is 10.8. The molecule has 0 spiro atoms. The van der Waals surface area contributed by atoms with Gasteiger partial charge in [0.05, 0.1) is 25.0 Å². The van der Waals surface area contributed by atoms with E-state index in [2.05, 4.69) is 0 Å². The lowest BCUT2D eigenvalue weighted by atomic mass is 9.80. The van der Waals surface area contributed by atoms with E-state index in [4.69, 9.17) is 14.2 Å². The normalized spacial score (nSPS) is 21.6. The Hall–Kier alpha value is -3.28. The van der Waals surface area contributed by atoms with E-state index in [-0.39, 0.29) is 29.3 Å². The van der Waals surface area contributed by atoms with Crippen molar-refractivity contribution >= 4 is 17.8 Å². The van der Waals surface area contributed by atoms with Gasteiger partial charge in [0.2, 0.25) is 0 Å². The summed E-state index contributed by atoms with van der Waals surface area (Å²) >= 11 is 0. The summed E-state index contributed by atoms with van der Waals surface area (Å²) in [6.07, 6.45) is 3.24. The highest BCUT2D eigenvalue weighted by Crippen LogP contribution is 2.54. The molecule has 1 N–H and O–H groups in total. The van der Waals surface area contributed by atoms with Crippen molar-refractivity contribution in [3.63, 3.8) is 0 Å². The topological polar surface area (TPSA) is 82.1 Å². The Balaban J connectivity index is 2.06. The number of rotatable bonds is 4. The van der Waals surface area contributed by atoms with Crippen LogP contribution in [-0.2, 0) is 9.53 Å². The summed E-state index contributed by atoms with van der Waals surface area (Å²) in [4.78, 5) is 25.7. The van der Waals surface area contributed by atoms with Gasteiger partial charge in [0.15, 0.2) is 5.78 Å². The van der Waals surface area contributed by atoms with Crippen molar-refractivity contribution in [3.05, 3.63) is 58.7 Å². The highest BCUT2D eigenvalue weighted by molar-refractivity contribution is 6.06.